The van der Waals surface area contributed by atoms with E-state index in [0.29, 0.717) is 0 Å². The molecule has 0 radical (unpaired) electrons. The Morgan fingerprint density at radius 2 is 1.71 bits per heavy atom. The van der Waals surface area contributed by atoms with E-state index in [2.05, 4.69) is 0 Å². The minimum atomic E-state index is -3.91. The molecule has 1 aliphatic rings. The highest BCUT2D eigenvalue weighted by molar-refractivity contribution is 7.89. The highest BCUT2D eigenvalue weighted by Crippen LogP contribution is 2.27. The van der Waals surface area contributed by atoms with Gasteiger partial charge in [-0.25, -0.2) is 17.2 Å². The molecule has 24 heavy (non-hydrogen) atoms. The third-order valence-corrected chi connectivity index (χ3v) is 5.94. The molecule has 2 aromatic rings. The number of ketones is 1. The molecule has 0 amide bonds. The Morgan fingerprint density at radius 3 is 2.38 bits per heavy atom. The zero-order chi connectivity index (χ0) is 17.5. The number of carbonyl (C=O) groups excluding carboxylic acids is 1. The molecule has 0 aliphatic carbocycles. The Bertz CT molecular complexity index is 908. The van der Waals surface area contributed by atoms with Crippen LogP contribution in [0, 0.1) is 18.6 Å². The average Bonchev–Trinajstić information content (AvgIpc) is 2.72. The normalized spacial score (nSPS) is 15.9. The Labute approximate surface area is 138 Å². The number of halogens is 2. The van der Waals surface area contributed by atoms with Crippen LogP contribution in [0.4, 0.5) is 8.78 Å². The number of hydrogen-bond donors (Lipinski definition) is 0. The first-order chi connectivity index (χ1) is 11.3. The molecular weight excluding hydrogens is 336 g/mol. The molecular formula is C17H15F2NO3S. The number of aryl methyl sites for hydroxylation is 1. The molecule has 0 spiro atoms. The van der Waals surface area contributed by atoms with Crippen LogP contribution in [0.2, 0.25) is 0 Å². The van der Waals surface area contributed by atoms with Gasteiger partial charge in [-0.2, -0.15) is 4.31 Å². The summed E-state index contributed by atoms with van der Waals surface area (Å²) < 4.78 is 54.2. The molecule has 0 unspecified atom stereocenters. The van der Waals surface area contributed by atoms with Crippen LogP contribution in [-0.2, 0) is 16.6 Å². The lowest BCUT2D eigenvalue weighted by molar-refractivity contribution is 0.0981. The Kier molecular flexibility index (Phi) is 4.23. The van der Waals surface area contributed by atoms with Gasteiger partial charge in [0.15, 0.2) is 17.4 Å². The number of rotatable bonds is 2. The van der Waals surface area contributed by atoms with Crippen molar-refractivity contribution in [3.8, 4) is 0 Å². The summed E-state index contributed by atoms with van der Waals surface area (Å²) in [5.74, 6) is -2.67. The van der Waals surface area contributed by atoms with Gasteiger partial charge in [-0.1, -0.05) is 17.7 Å². The fourth-order valence-electron chi connectivity index (χ4n) is 2.69. The van der Waals surface area contributed by atoms with Crippen LogP contribution in [0.1, 0.15) is 27.9 Å². The van der Waals surface area contributed by atoms with E-state index in [1.54, 1.807) is 12.1 Å². The SMILES string of the molecule is Cc1ccc(S(=O)(=O)N2CCC(=O)c3ccc(F)c(F)c3C2)cc1. The molecule has 3 rings (SSSR count). The monoisotopic (exact) mass is 351 g/mol. The van der Waals surface area contributed by atoms with Crippen molar-refractivity contribution >= 4 is 15.8 Å². The molecule has 0 atom stereocenters. The fraction of sp³-hybridized carbons (Fsp3) is 0.235. The topological polar surface area (TPSA) is 54.5 Å². The lowest BCUT2D eigenvalue weighted by Crippen LogP contribution is -2.31. The second kappa shape index (κ2) is 6.07. The summed E-state index contributed by atoms with van der Waals surface area (Å²) in [5.41, 5.74) is 0.724. The molecule has 1 aliphatic heterocycles. The minimum Gasteiger partial charge on any atom is -0.294 e. The molecule has 0 saturated heterocycles. The maximum atomic E-state index is 14.1. The molecule has 4 nitrogen and oxygen atoms in total. The van der Waals surface area contributed by atoms with Crippen molar-refractivity contribution in [1.29, 1.82) is 0 Å². The van der Waals surface area contributed by atoms with Crippen LogP contribution in [0.15, 0.2) is 41.3 Å². The first-order valence-electron chi connectivity index (χ1n) is 7.37. The molecule has 0 aromatic heterocycles. The number of nitrogens with zero attached hydrogens (tertiary/aromatic N) is 1. The van der Waals surface area contributed by atoms with E-state index in [4.69, 9.17) is 0 Å². The molecule has 126 valence electrons. The van der Waals surface area contributed by atoms with E-state index in [0.717, 1.165) is 15.9 Å². The van der Waals surface area contributed by atoms with Crippen LogP contribution in [0.25, 0.3) is 0 Å². The smallest absolute Gasteiger partial charge is 0.243 e. The molecule has 7 heteroatoms. The van der Waals surface area contributed by atoms with E-state index in [-0.39, 0.29) is 35.5 Å². The average molecular weight is 351 g/mol. The van der Waals surface area contributed by atoms with Crippen molar-refractivity contribution in [2.75, 3.05) is 6.54 Å². The summed E-state index contributed by atoms with van der Waals surface area (Å²) >= 11 is 0. The molecule has 0 fully saturated rings. The Hall–Kier alpha value is -2.12. The van der Waals surface area contributed by atoms with Gasteiger partial charge < -0.3 is 0 Å². The summed E-state index contributed by atoms with van der Waals surface area (Å²) in [6.07, 6.45) is -0.0802. The van der Waals surface area contributed by atoms with Gasteiger partial charge >= 0.3 is 0 Å². The quantitative estimate of drug-likeness (QED) is 0.836. The van der Waals surface area contributed by atoms with E-state index < -0.39 is 27.4 Å². The van der Waals surface area contributed by atoms with E-state index in [9.17, 15) is 22.0 Å². The van der Waals surface area contributed by atoms with Crippen molar-refractivity contribution in [3.63, 3.8) is 0 Å². The summed E-state index contributed by atoms with van der Waals surface area (Å²) in [6.45, 7) is 1.38. The van der Waals surface area contributed by atoms with E-state index >= 15 is 0 Å². The van der Waals surface area contributed by atoms with Crippen molar-refractivity contribution in [2.45, 2.75) is 24.8 Å². The minimum absolute atomic E-state index is 0.0375. The highest BCUT2D eigenvalue weighted by atomic mass is 32.2. The molecule has 0 bridgehead atoms. The van der Waals surface area contributed by atoms with Gasteiger partial charge in [-0.15, -0.1) is 0 Å². The first kappa shape index (κ1) is 16.7. The van der Waals surface area contributed by atoms with E-state index in [1.807, 2.05) is 6.92 Å². The second-order valence-electron chi connectivity index (χ2n) is 5.71. The van der Waals surface area contributed by atoms with Gasteiger partial charge in [0.1, 0.15) is 0 Å². The predicted octanol–water partition coefficient (Wildman–Crippen LogP) is 3.05. The lowest BCUT2D eigenvalue weighted by atomic mass is 10.0. The Balaban J connectivity index is 2.05. The van der Waals surface area contributed by atoms with Crippen LogP contribution in [-0.4, -0.2) is 25.1 Å². The molecule has 0 saturated carbocycles. The number of fused-ring (bicyclic) bond motifs is 1. The number of benzene rings is 2. The van der Waals surface area contributed by atoms with Crippen LogP contribution < -0.4 is 0 Å². The van der Waals surface area contributed by atoms with Crippen LogP contribution >= 0.6 is 0 Å². The van der Waals surface area contributed by atoms with Crippen molar-refractivity contribution in [3.05, 3.63) is 64.7 Å². The van der Waals surface area contributed by atoms with Gasteiger partial charge in [0, 0.05) is 30.6 Å². The Morgan fingerprint density at radius 1 is 1.04 bits per heavy atom. The molecule has 2 aromatic carbocycles. The zero-order valence-corrected chi connectivity index (χ0v) is 13.7. The maximum Gasteiger partial charge on any atom is 0.243 e. The second-order valence-corrected chi connectivity index (χ2v) is 7.65. The summed E-state index contributed by atoms with van der Waals surface area (Å²) in [7, 11) is -3.91. The van der Waals surface area contributed by atoms with E-state index in [1.165, 1.54) is 18.2 Å². The first-order valence-corrected chi connectivity index (χ1v) is 8.81. The number of carbonyl (C=O) groups is 1. The number of hydrogen-bond acceptors (Lipinski definition) is 3. The zero-order valence-electron chi connectivity index (χ0n) is 12.9. The van der Waals surface area contributed by atoms with Gasteiger partial charge in [0.05, 0.1) is 4.90 Å². The third-order valence-electron chi connectivity index (χ3n) is 4.08. The lowest BCUT2D eigenvalue weighted by Gasteiger charge is -2.20. The van der Waals surface area contributed by atoms with Gasteiger partial charge in [-0.3, -0.25) is 4.79 Å². The van der Waals surface area contributed by atoms with Crippen LogP contribution in [0.3, 0.4) is 0 Å². The van der Waals surface area contributed by atoms with Crippen molar-refractivity contribution in [1.82, 2.24) is 4.31 Å². The van der Waals surface area contributed by atoms with Gasteiger partial charge in [-0.05, 0) is 31.2 Å². The maximum absolute atomic E-state index is 14.1. The summed E-state index contributed by atoms with van der Waals surface area (Å²) in [4.78, 5) is 12.2. The van der Waals surface area contributed by atoms with Gasteiger partial charge in [0.2, 0.25) is 10.0 Å². The standard InChI is InChI=1S/C17H15F2NO3S/c1-11-2-4-12(5-3-11)24(22,23)20-9-8-16(21)13-6-7-15(18)17(19)14(13)10-20/h2-7H,8-10H2,1H3. The van der Waals surface area contributed by atoms with Crippen molar-refractivity contribution in [2.24, 2.45) is 0 Å². The number of sulfonamides is 1. The molecule has 0 N–H and O–H groups in total. The highest BCUT2D eigenvalue weighted by Gasteiger charge is 2.31. The van der Waals surface area contributed by atoms with Gasteiger partial charge in [0.25, 0.3) is 0 Å². The predicted molar refractivity (Wildman–Crippen MR) is 84.1 cm³/mol. The number of Topliss-reactive ketones (excluding diaryl/α,β-unsaturated/α-hetero) is 1. The van der Waals surface area contributed by atoms with Crippen LogP contribution in [0.5, 0.6) is 0 Å². The van der Waals surface area contributed by atoms with Crippen molar-refractivity contribution < 1.29 is 22.0 Å². The largest absolute Gasteiger partial charge is 0.294 e. The fourth-order valence-corrected chi connectivity index (χ4v) is 4.10. The summed E-state index contributed by atoms with van der Waals surface area (Å²) in [6, 6.07) is 8.32. The third kappa shape index (κ3) is 2.85. The summed E-state index contributed by atoms with van der Waals surface area (Å²) in [5, 5.41) is 0. The molecule has 1 heterocycles.